The maximum Gasteiger partial charge on any atom is 0.247 e. The lowest BCUT2D eigenvalue weighted by Gasteiger charge is -2.02. The number of para-hydroxylation sites is 1. The van der Waals surface area contributed by atoms with Gasteiger partial charge >= 0.3 is 0 Å². The zero-order valence-corrected chi connectivity index (χ0v) is 16.4. The fourth-order valence-electron chi connectivity index (χ4n) is 2.37. The molecule has 6 nitrogen and oxygen atoms in total. The van der Waals surface area contributed by atoms with E-state index in [1.165, 1.54) is 16.9 Å². The number of nitrogens with zero attached hydrogens (tertiary/aromatic N) is 4. The Morgan fingerprint density at radius 3 is 2.52 bits per heavy atom. The molecule has 0 aliphatic rings. The third kappa shape index (κ3) is 4.35. The molecule has 8 heteroatoms. The van der Waals surface area contributed by atoms with Gasteiger partial charge in [-0.3, -0.25) is 0 Å². The fraction of sp³-hybridized carbons (Fsp3) is 0.158. The highest BCUT2D eigenvalue weighted by Crippen LogP contribution is 2.38. The molecule has 27 heavy (non-hydrogen) atoms. The largest absolute Gasteiger partial charge is 0.419 e. The number of aryl methyl sites for hydroxylation is 1. The highest BCUT2D eigenvalue weighted by atomic mass is 32.2. The van der Waals surface area contributed by atoms with Crippen LogP contribution in [-0.4, -0.2) is 20.4 Å². The Labute approximate surface area is 165 Å². The van der Waals surface area contributed by atoms with Gasteiger partial charge in [-0.05, 0) is 38.1 Å². The SMILES string of the molecule is Cc1ccc(-c2nnc([C@@H](C)Sc3nnc(Nc4ccccc4)s3)o2)cc1. The molecule has 0 bridgehead atoms. The standard InChI is InChI=1S/C19H17N5OS2/c1-12-8-10-14(11-9-12)17-22-21-16(25-17)13(2)26-19-24-23-18(27-19)20-15-6-4-3-5-7-15/h3-11,13H,1-2H3,(H,20,23)/t13-/m1/s1. The molecule has 0 unspecified atom stereocenters. The summed E-state index contributed by atoms with van der Waals surface area (Å²) in [5.41, 5.74) is 3.10. The summed E-state index contributed by atoms with van der Waals surface area (Å²) in [6, 6.07) is 17.9. The zero-order valence-electron chi connectivity index (χ0n) is 14.8. The van der Waals surface area contributed by atoms with E-state index in [0.29, 0.717) is 11.8 Å². The van der Waals surface area contributed by atoms with E-state index in [0.717, 1.165) is 20.7 Å². The first kappa shape index (κ1) is 17.7. The summed E-state index contributed by atoms with van der Waals surface area (Å²) >= 11 is 3.04. The normalized spacial score (nSPS) is 12.1. The van der Waals surface area contributed by atoms with Crippen LogP contribution in [0.1, 0.15) is 23.6 Å². The second kappa shape index (κ2) is 7.89. The molecular formula is C19H17N5OS2. The Balaban J connectivity index is 1.42. The topological polar surface area (TPSA) is 76.7 Å². The summed E-state index contributed by atoms with van der Waals surface area (Å²) in [5.74, 6) is 1.10. The van der Waals surface area contributed by atoms with Gasteiger partial charge in [0.1, 0.15) is 0 Å². The van der Waals surface area contributed by atoms with Crippen LogP contribution in [0.15, 0.2) is 63.4 Å². The van der Waals surface area contributed by atoms with Gasteiger partial charge in [0.15, 0.2) is 4.34 Å². The number of benzene rings is 2. The molecule has 0 spiro atoms. The maximum atomic E-state index is 5.84. The summed E-state index contributed by atoms with van der Waals surface area (Å²) in [6.07, 6.45) is 0. The molecule has 0 radical (unpaired) electrons. The summed E-state index contributed by atoms with van der Waals surface area (Å²) in [5, 5.41) is 20.8. The number of rotatable bonds is 6. The fourth-order valence-corrected chi connectivity index (χ4v) is 4.31. The number of hydrogen-bond acceptors (Lipinski definition) is 8. The monoisotopic (exact) mass is 395 g/mol. The van der Waals surface area contributed by atoms with Crippen LogP contribution in [0.2, 0.25) is 0 Å². The summed E-state index contributed by atoms with van der Waals surface area (Å²) in [6.45, 7) is 4.06. The maximum absolute atomic E-state index is 5.84. The molecule has 2 heterocycles. The van der Waals surface area contributed by atoms with E-state index >= 15 is 0 Å². The minimum absolute atomic E-state index is 0.0192. The predicted octanol–water partition coefficient (Wildman–Crippen LogP) is 5.49. The molecule has 0 amide bonds. The van der Waals surface area contributed by atoms with E-state index in [-0.39, 0.29) is 5.25 Å². The molecule has 4 rings (SSSR count). The summed E-state index contributed by atoms with van der Waals surface area (Å²) in [4.78, 5) is 0. The third-order valence-corrected chi connectivity index (χ3v) is 5.81. The summed E-state index contributed by atoms with van der Waals surface area (Å²) < 4.78 is 6.69. The van der Waals surface area contributed by atoms with Gasteiger partial charge in [-0.1, -0.05) is 59.0 Å². The number of aromatic nitrogens is 4. The van der Waals surface area contributed by atoms with Crippen molar-refractivity contribution in [2.45, 2.75) is 23.4 Å². The lowest BCUT2D eigenvalue weighted by atomic mass is 10.1. The Hall–Kier alpha value is -2.71. The second-order valence-corrected chi connectivity index (χ2v) is 8.50. The molecule has 0 aliphatic carbocycles. The molecule has 2 aromatic carbocycles. The van der Waals surface area contributed by atoms with Crippen LogP contribution >= 0.6 is 23.1 Å². The smallest absolute Gasteiger partial charge is 0.247 e. The lowest BCUT2D eigenvalue weighted by molar-refractivity contribution is 0.509. The van der Waals surface area contributed by atoms with Crippen molar-refractivity contribution in [1.82, 2.24) is 20.4 Å². The number of hydrogen-bond donors (Lipinski definition) is 1. The zero-order chi connectivity index (χ0) is 18.6. The molecule has 0 aliphatic heterocycles. The van der Waals surface area contributed by atoms with E-state index in [4.69, 9.17) is 4.42 Å². The van der Waals surface area contributed by atoms with E-state index in [9.17, 15) is 0 Å². The predicted molar refractivity (Wildman–Crippen MR) is 108 cm³/mol. The average Bonchev–Trinajstić information content (AvgIpc) is 3.33. The van der Waals surface area contributed by atoms with E-state index in [1.807, 2.05) is 68.4 Å². The molecule has 2 aromatic heterocycles. The van der Waals surface area contributed by atoms with Crippen molar-refractivity contribution in [3.05, 3.63) is 66.1 Å². The van der Waals surface area contributed by atoms with Gasteiger partial charge in [-0.2, -0.15) is 0 Å². The molecule has 0 fully saturated rings. The highest BCUT2D eigenvalue weighted by molar-refractivity contribution is 8.01. The van der Waals surface area contributed by atoms with Crippen LogP contribution in [0.25, 0.3) is 11.5 Å². The van der Waals surface area contributed by atoms with Crippen molar-refractivity contribution in [2.24, 2.45) is 0 Å². The lowest BCUT2D eigenvalue weighted by Crippen LogP contribution is -1.88. The van der Waals surface area contributed by atoms with Crippen molar-refractivity contribution in [2.75, 3.05) is 5.32 Å². The van der Waals surface area contributed by atoms with Crippen molar-refractivity contribution >= 4 is 33.9 Å². The first-order chi connectivity index (χ1) is 13.2. The minimum Gasteiger partial charge on any atom is -0.419 e. The van der Waals surface area contributed by atoms with Crippen LogP contribution < -0.4 is 5.32 Å². The quantitative estimate of drug-likeness (QED) is 0.432. The van der Waals surface area contributed by atoms with E-state index in [2.05, 4.69) is 25.7 Å². The molecule has 1 atom stereocenters. The van der Waals surface area contributed by atoms with E-state index in [1.54, 1.807) is 11.8 Å². The Morgan fingerprint density at radius 1 is 0.963 bits per heavy atom. The van der Waals surface area contributed by atoms with Gasteiger partial charge < -0.3 is 9.73 Å². The Bertz CT molecular complexity index is 1010. The summed E-state index contributed by atoms with van der Waals surface area (Å²) in [7, 11) is 0. The van der Waals surface area contributed by atoms with Crippen molar-refractivity contribution in [1.29, 1.82) is 0 Å². The Kier molecular flexibility index (Phi) is 5.17. The van der Waals surface area contributed by atoms with Gasteiger partial charge in [0.05, 0.1) is 5.25 Å². The highest BCUT2D eigenvalue weighted by Gasteiger charge is 2.18. The van der Waals surface area contributed by atoms with Crippen LogP contribution in [0, 0.1) is 6.92 Å². The molecular weight excluding hydrogens is 378 g/mol. The van der Waals surface area contributed by atoms with E-state index < -0.39 is 0 Å². The van der Waals surface area contributed by atoms with Crippen LogP contribution in [-0.2, 0) is 0 Å². The van der Waals surface area contributed by atoms with Crippen molar-refractivity contribution in [3.8, 4) is 11.5 Å². The molecule has 4 aromatic rings. The number of anilines is 2. The van der Waals surface area contributed by atoms with Crippen LogP contribution in [0.4, 0.5) is 10.8 Å². The first-order valence-electron chi connectivity index (χ1n) is 8.40. The minimum atomic E-state index is -0.0192. The Morgan fingerprint density at radius 2 is 1.74 bits per heavy atom. The van der Waals surface area contributed by atoms with Crippen LogP contribution in [0.5, 0.6) is 0 Å². The first-order valence-corrected chi connectivity index (χ1v) is 10.1. The van der Waals surface area contributed by atoms with Crippen molar-refractivity contribution < 1.29 is 4.42 Å². The average molecular weight is 396 g/mol. The van der Waals surface area contributed by atoms with Gasteiger partial charge in [-0.15, -0.1) is 20.4 Å². The molecule has 0 saturated heterocycles. The second-order valence-electron chi connectivity index (χ2n) is 5.94. The van der Waals surface area contributed by atoms with Gasteiger partial charge in [0.2, 0.25) is 16.9 Å². The molecule has 1 N–H and O–H groups in total. The van der Waals surface area contributed by atoms with Gasteiger partial charge in [0, 0.05) is 11.3 Å². The van der Waals surface area contributed by atoms with Gasteiger partial charge in [0.25, 0.3) is 0 Å². The molecule has 136 valence electrons. The van der Waals surface area contributed by atoms with Crippen molar-refractivity contribution in [3.63, 3.8) is 0 Å². The third-order valence-electron chi connectivity index (χ3n) is 3.80. The molecule has 0 saturated carbocycles. The van der Waals surface area contributed by atoms with Gasteiger partial charge in [-0.25, -0.2) is 0 Å². The van der Waals surface area contributed by atoms with Crippen LogP contribution in [0.3, 0.4) is 0 Å². The number of nitrogens with one attached hydrogen (secondary N) is 1. The number of thioether (sulfide) groups is 1.